The summed E-state index contributed by atoms with van der Waals surface area (Å²) in [6.07, 6.45) is 0. The Kier molecular flexibility index (Phi) is 6.25. The van der Waals surface area contributed by atoms with Gasteiger partial charge in [0, 0.05) is 23.4 Å². The third-order valence-corrected chi connectivity index (χ3v) is 3.90. The molecule has 0 aromatic heterocycles. The molecule has 16 heavy (non-hydrogen) atoms. The summed E-state index contributed by atoms with van der Waals surface area (Å²) in [5.74, 6) is 2.36. The summed E-state index contributed by atoms with van der Waals surface area (Å²) >= 11 is 7.90. The van der Waals surface area contributed by atoms with E-state index in [9.17, 15) is 0 Å². The average Bonchev–Trinajstić information content (AvgIpc) is 2.25. The van der Waals surface area contributed by atoms with Crippen molar-refractivity contribution >= 4 is 23.4 Å². The quantitative estimate of drug-likeness (QED) is 0.830. The maximum atomic E-state index is 5.92. The summed E-state index contributed by atoms with van der Waals surface area (Å²) in [7, 11) is 0. The number of hydrogen-bond donors (Lipinski definition) is 1. The first-order valence-corrected chi connectivity index (χ1v) is 7.23. The Morgan fingerprint density at radius 2 is 2.19 bits per heavy atom. The molecule has 0 radical (unpaired) electrons. The SMILES string of the molecule is CCSCC(C)NCc1ccc(Cl)cc1C. The molecule has 90 valence electrons. The Morgan fingerprint density at radius 3 is 2.81 bits per heavy atom. The lowest BCUT2D eigenvalue weighted by molar-refractivity contribution is 0.594. The molecule has 1 rings (SSSR count). The topological polar surface area (TPSA) is 12.0 Å². The second-order valence-corrected chi connectivity index (χ2v) is 5.77. The van der Waals surface area contributed by atoms with E-state index in [0.717, 1.165) is 11.6 Å². The molecule has 0 fully saturated rings. The number of halogens is 1. The monoisotopic (exact) mass is 257 g/mol. The summed E-state index contributed by atoms with van der Waals surface area (Å²) in [5, 5.41) is 4.35. The molecule has 0 aliphatic carbocycles. The predicted octanol–water partition coefficient (Wildman–Crippen LogP) is 3.88. The van der Waals surface area contributed by atoms with Crippen LogP contribution in [0.5, 0.6) is 0 Å². The largest absolute Gasteiger partial charge is 0.309 e. The van der Waals surface area contributed by atoms with Crippen LogP contribution in [0.1, 0.15) is 25.0 Å². The van der Waals surface area contributed by atoms with Crippen LogP contribution >= 0.6 is 23.4 Å². The zero-order valence-corrected chi connectivity index (χ0v) is 11.8. The highest BCUT2D eigenvalue weighted by molar-refractivity contribution is 7.99. The van der Waals surface area contributed by atoms with E-state index >= 15 is 0 Å². The van der Waals surface area contributed by atoms with Gasteiger partial charge in [-0.1, -0.05) is 24.6 Å². The third kappa shape index (κ3) is 4.77. The van der Waals surface area contributed by atoms with Crippen LogP contribution in [0.15, 0.2) is 18.2 Å². The van der Waals surface area contributed by atoms with Gasteiger partial charge in [0.15, 0.2) is 0 Å². The van der Waals surface area contributed by atoms with Crippen molar-refractivity contribution in [3.05, 3.63) is 34.3 Å². The van der Waals surface area contributed by atoms with Crippen LogP contribution in [0.4, 0.5) is 0 Å². The lowest BCUT2D eigenvalue weighted by atomic mass is 10.1. The van der Waals surface area contributed by atoms with Crippen molar-refractivity contribution in [3.63, 3.8) is 0 Å². The maximum Gasteiger partial charge on any atom is 0.0408 e. The third-order valence-electron chi connectivity index (χ3n) is 2.52. The molecule has 0 bridgehead atoms. The minimum atomic E-state index is 0.556. The number of rotatable bonds is 6. The van der Waals surface area contributed by atoms with E-state index in [2.05, 4.69) is 32.2 Å². The lowest BCUT2D eigenvalue weighted by Gasteiger charge is -2.14. The molecular weight excluding hydrogens is 238 g/mol. The van der Waals surface area contributed by atoms with E-state index in [4.69, 9.17) is 11.6 Å². The molecule has 1 nitrogen and oxygen atoms in total. The molecule has 0 spiro atoms. The highest BCUT2D eigenvalue weighted by atomic mass is 35.5. The van der Waals surface area contributed by atoms with Crippen molar-refractivity contribution in [2.75, 3.05) is 11.5 Å². The summed E-state index contributed by atoms with van der Waals surface area (Å²) in [5.41, 5.74) is 2.59. The van der Waals surface area contributed by atoms with Gasteiger partial charge in [0.2, 0.25) is 0 Å². The van der Waals surface area contributed by atoms with Gasteiger partial charge in [0.1, 0.15) is 0 Å². The minimum Gasteiger partial charge on any atom is -0.309 e. The first-order valence-electron chi connectivity index (χ1n) is 5.69. The van der Waals surface area contributed by atoms with Crippen LogP contribution in [0.25, 0.3) is 0 Å². The smallest absolute Gasteiger partial charge is 0.0408 e. The number of benzene rings is 1. The normalized spacial score (nSPS) is 12.8. The van der Waals surface area contributed by atoms with Gasteiger partial charge in [0.05, 0.1) is 0 Å². The first kappa shape index (κ1) is 13.9. The van der Waals surface area contributed by atoms with Crippen LogP contribution in [0.3, 0.4) is 0 Å². The first-order chi connectivity index (χ1) is 7.63. The van der Waals surface area contributed by atoms with Crippen LogP contribution in [-0.4, -0.2) is 17.5 Å². The molecule has 0 saturated carbocycles. The van der Waals surface area contributed by atoms with E-state index in [1.54, 1.807) is 0 Å². The van der Waals surface area contributed by atoms with Crippen molar-refractivity contribution in [2.45, 2.75) is 33.4 Å². The fourth-order valence-electron chi connectivity index (χ4n) is 1.50. The average molecular weight is 258 g/mol. The van der Waals surface area contributed by atoms with Crippen LogP contribution < -0.4 is 5.32 Å². The molecule has 0 saturated heterocycles. The summed E-state index contributed by atoms with van der Waals surface area (Å²) in [6.45, 7) is 7.46. The van der Waals surface area contributed by atoms with Crippen molar-refractivity contribution in [1.82, 2.24) is 5.32 Å². The molecule has 1 aromatic carbocycles. The molecule has 1 atom stereocenters. The molecule has 3 heteroatoms. The van der Waals surface area contributed by atoms with Gasteiger partial charge in [-0.25, -0.2) is 0 Å². The number of thioether (sulfide) groups is 1. The Balaban J connectivity index is 2.42. The number of hydrogen-bond acceptors (Lipinski definition) is 2. The Morgan fingerprint density at radius 1 is 1.44 bits per heavy atom. The maximum absolute atomic E-state index is 5.92. The number of nitrogens with one attached hydrogen (secondary N) is 1. The van der Waals surface area contributed by atoms with Crippen LogP contribution in [0, 0.1) is 6.92 Å². The lowest BCUT2D eigenvalue weighted by Crippen LogP contribution is -2.28. The summed E-state index contributed by atoms with van der Waals surface area (Å²) < 4.78 is 0. The molecule has 0 heterocycles. The van der Waals surface area contributed by atoms with E-state index in [1.165, 1.54) is 22.6 Å². The van der Waals surface area contributed by atoms with Crippen molar-refractivity contribution in [2.24, 2.45) is 0 Å². The van der Waals surface area contributed by atoms with E-state index in [1.807, 2.05) is 23.9 Å². The zero-order valence-electron chi connectivity index (χ0n) is 10.2. The molecule has 0 aliphatic heterocycles. The summed E-state index contributed by atoms with van der Waals surface area (Å²) in [6, 6.07) is 6.63. The van der Waals surface area contributed by atoms with E-state index in [-0.39, 0.29) is 0 Å². The van der Waals surface area contributed by atoms with Gasteiger partial charge in [-0.3, -0.25) is 0 Å². The van der Waals surface area contributed by atoms with Crippen LogP contribution in [0.2, 0.25) is 5.02 Å². The fourth-order valence-corrected chi connectivity index (χ4v) is 2.43. The molecule has 1 N–H and O–H groups in total. The van der Waals surface area contributed by atoms with Crippen LogP contribution in [-0.2, 0) is 6.54 Å². The second-order valence-electron chi connectivity index (χ2n) is 4.01. The molecular formula is C13H20ClNS. The molecule has 0 amide bonds. The Bertz CT molecular complexity index is 328. The molecule has 1 unspecified atom stereocenters. The minimum absolute atomic E-state index is 0.556. The molecule has 1 aromatic rings. The summed E-state index contributed by atoms with van der Waals surface area (Å²) in [4.78, 5) is 0. The predicted molar refractivity (Wildman–Crippen MR) is 75.5 cm³/mol. The van der Waals surface area contributed by atoms with Gasteiger partial charge in [-0.05, 0) is 42.9 Å². The van der Waals surface area contributed by atoms with Gasteiger partial charge in [-0.15, -0.1) is 0 Å². The van der Waals surface area contributed by atoms with E-state index in [0.29, 0.717) is 6.04 Å². The standard InChI is InChI=1S/C13H20ClNS/c1-4-16-9-11(3)15-8-12-5-6-13(14)7-10(12)2/h5-7,11,15H,4,8-9H2,1-3H3. The van der Waals surface area contributed by atoms with E-state index < -0.39 is 0 Å². The second kappa shape index (κ2) is 7.21. The highest BCUT2D eigenvalue weighted by Crippen LogP contribution is 2.15. The van der Waals surface area contributed by atoms with Gasteiger partial charge in [0.25, 0.3) is 0 Å². The number of aryl methyl sites for hydroxylation is 1. The Labute approximate surface area is 108 Å². The zero-order chi connectivity index (χ0) is 12.0. The fraction of sp³-hybridized carbons (Fsp3) is 0.538. The van der Waals surface area contributed by atoms with Crippen molar-refractivity contribution in [3.8, 4) is 0 Å². The molecule has 0 aliphatic rings. The Hall–Kier alpha value is -0.180. The van der Waals surface area contributed by atoms with Gasteiger partial charge < -0.3 is 5.32 Å². The highest BCUT2D eigenvalue weighted by Gasteiger charge is 2.03. The van der Waals surface area contributed by atoms with Crippen molar-refractivity contribution in [1.29, 1.82) is 0 Å². The van der Waals surface area contributed by atoms with Gasteiger partial charge >= 0.3 is 0 Å². The van der Waals surface area contributed by atoms with Crippen molar-refractivity contribution < 1.29 is 0 Å². The van der Waals surface area contributed by atoms with Gasteiger partial charge in [-0.2, -0.15) is 11.8 Å².